The Balaban J connectivity index is 1.92. The zero-order valence-corrected chi connectivity index (χ0v) is 9.85. The molecule has 18 heavy (non-hydrogen) atoms. The maximum absolute atomic E-state index is 11.9. The van der Waals surface area contributed by atoms with Crippen LogP contribution in [-0.2, 0) is 25.6 Å². The molecule has 0 aromatic carbocycles. The van der Waals surface area contributed by atoms with E-state index < -0.39 is 12.1 Å². The van der Waals surface area contributed by atoms with Crippen LogP contribution in [0.1, 0.15) is 0 Å². The molecular formula is C9H13N5O4. The fourth-order valence-corrected chi connectivity index (χ4v) is 1.64. The summed E-state index contributed by atoms with van der Waals surface area (Å²) in [7, 11) is 1.29. The Morgan fingerprint density at radius 1 is 1.56 bits per heavy atom. The van der Waals surface area contributed by atoms with Gasteiger partial charge >= 0.3 is 5.97 Å². The number of hydrogen-bond donors (Lipinski definition) is 0. The predicted octanol–water partition coefficient (Wildman–Crippen LogP) is -1.93. The summed E-state index contributed by atoms with van der Waals surface area (Å²) in [6.07, 6.45) is 0.637. The lowest BCUT2D eigenvalue weighted by atomic mass is 10.2. The van der Waals surface area contributed by atoms with Crippen LogP contribution in [0.2, 0.25) is 0 Å². The summed E-state index contributed by atoms with van der Waals surface area (Å²) in [5, 5.41) is 10.5. The lowest BCUT2D eigenvalue weighted by molar-refractivity contribution is -0.162. The molecule has 0 aliphatic carbocycles. The SMILES string of the molecule is COC(=O)C1CN(C(=O)Cn2cnnn2)CCO1. The van der Waals surface area contributed by atoms with Gasteiger partial charge < -0.3 is 14.4 Å². The Hall–Kier alpha value is -2.03. The smallest absolute Gasteiger partial charge is 0.336 e. The number of tetrazole rings is 1. The highest BCUT2D eigenvalue weighted by molar-refractivity contribution is 5.79. The minimum absolute atomic E-state index is 0.0426. The van der Waals surface area contributed by atoms with Crippen LogP contribution in [0, 0.1) is 0 Å². The monoisotopic (exact) mass is 255 g/mol. The van der Waals surface area contributed by atoms with E-state index in [0.717, 1.165) is 0 Å². The van der Waals surface area contributed by atoms with Crippen LogP contribution in [0.15, 0.2) is 6.33 Å². The van der Waals surface area contributed by atoms with E-state index >= 15 is 0 Å². The number of carbonyl (C=O) groups excluding carboxylic acids is 2. The van der Waals surface area contributed by atoms with Crippen molar-refractivity contribution >= 4 is 11.9 Å². The second-order valence-electron chi connectivity index (χ2n) is 3.73. The van der Waals surface area contributed by atoms with Crippen molar-refractivity contribution in [2.75, 3.05) is 26.8 Å². The van der Waals surface area contributed by atoms with E-state index in [1.54, 1.807) is 0 Å². The fourth-order valence-electron chi connectivity index (χ4n) is 1.64. The van der Waals surface area contributed by atoms with Crippen LogP contribution in [0.5, 0.6) is 0 Å². The molecule has 1 amide bonds. The molecule has 2 heterocycles. The minimum atomic E-state index is -0.721. The van der Waals surface area contributed by atoms with E-state index in [0.29, 0.717) is 13.2 Å². The highest BCUT2D eigenvalue weighted by Gasteiger charge is 2.29. The van der Waals surface area contributed by atoms with Crippen molar-refractivity contribution < 1.29 is 19.1 Å². The van der Waals surface area contributed by atoms with Crippen LogP contribution in [0.4, 0.5) is 0 Å². The first-order valence-corrected chi connectivity index (χ1v) is 5.38. The Morgan fingerprint density at radius 2 is 2.39 bits per heavy atom. The van der Waals surface area contributed by atoms with Gasteiger partial charge in [-0.15, -0.1) is 5.10 Å². The first kappa shape index (κ1) is 12.4. The summed E-state index contributed by atoms with van der Waals surface area (Å²) in [6, 6.07) is 0. The first-order valence-electron chi connectivity index (χ1n) is 5.38. The lowest BCUT2D eigenvalue weighted by Gasteiger charge is -2.31. The molecule has 98 valence electrons. The molecule has 2 rings (SSSR count). The van der Waals surface area contributed by atoms with E-state index in [-0.39, 0.29) is 19.0 Å². The van der Waals surface area contributed by atoms with Gasteiger partial charge in [-0.1, -0.05) is 0 Å². The van der Waals surface area contributed by atoms with E-state index in [1.807, 2.05) is 0 Å². The number of carbonyl (C=O) groups is 2. The average Bonchev–Trinajstić information content (AvgIpc) is 2.90. The Labute approximate surface area is 103 Å². The highest BCUT2D eigenvalue weighted by Crippen LogP contribution is 2.07. The van der Waals surface area contributed by atoms with Gasteiger partial charge in [0.2, 0.25) is 5.91 Å². The van der Waals surface area contributed by atoms with Crippen molar-refractivity contribution in [1.29, 1.82) is 0 Å². The van der Waals surface area contributed by atoms with Gasteiger partial charge in [0.25, 0.3) is 0 Å². The van der Waals surface area contributed by atoms with E-state index in [2.05, 4.69) is 20.3 Å². The molecule has 1 aliphatic rings. The van der Waals surface area contributed by atoms with Gasteiger partial charge in [0, 0.05) is 6.54 Å². The second kappa shape index (κ2) is 5.54. The Bertz CT molecular complexity index is 421. The van der Waals surface area contributed by atoms with Crippen LogP contribution >= 0.6 is 0 Å². The molecule has 9 nitrogen and oxygen atoms in total. The molecule has 1 unspecified atom stereocenters. The summed E-state index contributed by atoms with van der Waals surface area (Å²) in [5.41, 5.74) is 0. The van der Waals surface area contributed by atoms with Gasteiger partial charge in [-0.2, -0.15) is 0 Å². The van der Waals surface area contributed by atoms with Gasteiger partial charge in [-0.05, 0) is 10.4 Å². The van der Waals surface area contributed by atoms with E-state index in [9.17, 15) is 9.59 Å². The summed E-state index contributed by atoms with van der Waals surface area (Å²) in [6.45, 7) is 0.976. The maximum Gasteiger partial charge on any atom is 0.336 e. The Kier molecular flexibility index (Phi) is 3.82. The topological polar surface area (TPSA) is 99.4 Å². The zero-order chi connectivity index (χ0) is 13.0. The number of amides is 1. The quantitative estimate of drug-likeness (QED) is 0.580. The van der Waals surface area contributed by atoms with Crippen molar-refractivity contribution in [2.24, 2.45) is 0 Å². The normalized spacial score (nSPS) is 19.6. The second-order valence-corrected chi connectivity index (χ2v) is 3.73. The molecular weight excluding hydrogens is 242 g/mol. The van der Waals surface area contributed by atoms with Crippen LogP contribution in [0.25, 0.3) is 0 Å². The molecule has 0 radical (unpaired) electrons. The third-order valence-electron chi connectivity index (χ3n) is 2.57. The number of nitrogens with zero attached hydrogens (tertiary/aromatic N) is 5. The first-order chi connectivity index (χ1) is 8.70. The largest absolute Gasteiger partial charge is 0.467 e. The van der Waals surface area contributed by atoms with Gasteiger partial charge in [-0.25, -0.2) is 9.48 Å². The Morgan fingerprint density at radius 3 is 3.06 bits per heavy atom. The van der Waals surface area contributed by atoms with Gasteiger partial charge in [0.05, 0.1) is 20.3 Å². The summed E-state index contributed by atoms with van der Waals surface area (Å²) >= 11 is 0. The third-order valence-corrected chi connectivity index (χ3v) is 2.57. The number of aromatic nitrogens is 4. The number of hydrogen-bond acceptors (Lipinski definition) is 7. The molecule has 9 heteroatoms. The van der Waals surface area contributed by atoms with Crippen molar-refractivity contribution in [3.8, 4) is 0 Å². The van der Waals surface area contributed by atoms with Gasteiger partial charge in [0.15, 0.2) is 6.10 Å². The maximum atomic E-state index is 11.9. The summed E-state index contributed by atoms with van der Waals surface area (Å²) in [5.74, 6) is -0.644. The predicted molar refractivity (Wildman–Crippen MR) is 56.2 cm³/mol. The van der Waals surface area contributed by atoms with Crippen molar-refractivity contribution in [3.63, 3.8) is 0 Å². The van der Waals surface area contributed by atoms with Gasteiger partial charge in [-0.3, -0.25) is 4.79 Å². The molecule has 1 aliphatic heterocycles. The average molecular weight is 255 g/mol. The summed E-state index contributed by atoms with van der Waals surface area (Å²) < 4.78 is 11.1. The standard InChI is InChI=1S/C9H13N5O4/c1-17-9(16)7-4-13(2-3-18-7)8(15)5-14-6-10-11-12-14/h6-7H,2-5H2,1H3. The molecule has 1 atom stereocenters. The lowest BCUT2D eigenvalue weighted by Crippen LogP contribution is -2.49. The number of ether oxygens (including phenoxy) is 2. The van der Waals surface area contributed by atoms with Crippen molar-refractivity contribution in [1.82, 2.24) is 25.1 Å². The van der Waals surface area contributed by atoms with E-state index in [1.165, 1.54) is 23.0 Å². The molecule has 0 saturated carbocycles. The summed E-state index contributed by atoms with van der Waals surface area (Å²) in [4.78, 5) is 24.8. The van der Waals surface area contributed by atoms with Crippen molar-refractivity contribution in [3.05, 3.63) is 6.33 Å². The van der Waals surface area contributed by atoms with E-state index in [4.69, 9.17) is 4.74 Å². The molecule has 0 bridgehead atoms. The number of esters is 1. The third kappa shape index (κ3) is 2.80. The molecule has 0 spiro atoms. The number of methoxy groups -OCH3 is 1. The van der Waals surface area contributed by atoms with Crippen LogP contribution < -0.4 is 0 Å². The molecule has 0 N–H and O–H groups in total. The number of rotatable bonds is 3. The van der Waals surface area contributed by atoms with Crippen LogP contribution in [0.3, 0.4) is 0 Å². The zero-order valence-electron chi connectivity index (χ0n) is 9.85. The fraction of sp³-hybridized carbons (Fsp3) is 0.667. The highest BCUT2D eigenvalue weighted by atomic mass is 16.6. The van der Waals surface area contributed by atoms with Gasteiger partial charge in [0.1, 0.15) is 12.9 Å². The van der Waals surface area contributed by atoms with Crippen molar-refractivity contribution in [2.45, 2.75) is 12.6 Å². The number of morpholine rings is 1. The minimum Gasteiger partial charge on any atom is -0.467 e. The van der Waals surface area contributed by atoms with Crippen LogP contribution in [-0.4, -0.2) is 69.9 Å². The molecule has 1 saturated heterocycles. The molecule has 1 fully saturated rings. The molecule has 1 aromatic heterocycles. The molecule has 1 aromatic rings.